The summed E-state index contributed by atoms with van der Waals surface area (Å²) in [6, 6.07) is 0.688. The van der Waals surface area contributed by atoms with Gasteiger partial charge in [-0.05, 0) is 44.4 Å². The van der Waals surface area contributed by atoms with Crippen molar-refractivity contribution in [3.8, 4) is 0 Å². The summed E-state index contributed by atoms with van der Waals surface area (Å²) in [6.45, 7) is 5.37. The molecule has 1 aliphatic heterocycles. The molecule has 3 heteroatoms. The van der Waals surface area contributed by atoms with Crippen LogP contribution in [-0.4, -0.2) is 29.4 Å². The fourth-order valence-corrected chi connectivity index (χ4v) is 3.30. The van der Waals surface area contributed by atoms with Crippen LogP contribution in [0, 0.1) is 11.8 Å². The molecule has 17 heavy (non-hydrogen) atoms. The van der Waals surface area contributed by atoms with Crippen LogP contribution in [0.2, 0.25) is 0 Å². The molecule has 1 saturated heterocycles. The highest BCUT2D eigenvalue weighted by Crippen LogP contribution is 2.29. The molecule has 0 aromatic rings. The summed E-state index contributed by atoms with van der Waals surface area (Å²) < 4.78 is 0. The Morgan fingerprint density at radius 3 is 2.65 bits per heavy atom. The molecule has 0 aromatic carbocycles. The highest BCUT2D eigenvalue weighted by molar-refractivity contribution is 5.77. The maximum atomic E-state index is 12.3. The highest BCUT2D eigenvalue weighted by Gasteiger charge is 2.31. The molecule has 1 heterocycles. The Morgan fingerprint density at radius 1 is 1.24 bits per heavy atom. The zero-order chi connectivity index (χ0) is 12.4. The van der Waals surface area contributed by atoms with E-state index in [1.54, 1.807) is 0 Å². The molecule has 2 unspecified atom stereocenters. The van der Waals surface area contributed by atoms with Crippen LogP contribution < -0.4 is 5.73 Å². The Labute approximate surface area is 105 Å². The fraction of sp³-hybridized carbons (Fsp3) is 0.929. The second-order valence-corrected chi connectivity index (χ2v) is 6.14. The Bertz CT molecular complexity index is 279. The minimum absolute atomic E-state index is 0.261. The maximum absolute atomic E-state index is 12.3. The number of hydrogen-bond acceptors (Lipinski definition) is 2. The molecule has 1 amide bonds. The third-order valence-electron chi connectivity index (χ3n) is 4.59. The van der Waals surface area contributed by atoms with Crippen LogP contribution in [0.5, 0.6) is 0 Å². The first-order chi connectivity index (χ1) is 8.08. The van der Waals surface area contributed by atoms with Crippen molar-refractivity contribution in [3.05, 3.63) is 0 Å². The van der Waals surface area contributed by atoms with Crippen molar-refractivity contribution in [1.29, 1.82) is 0 Å². The van der Waals surface area contributed by atoms with E-state index in [1.165, 1.54) is 12.8 Å². The summed E-state index contributed by atoms with van der Waals surface area (Å²) in [6.07, 6.45) is 6.54. The van der Waals surface area contributed by atoms with Gasteiger partial charge in [0.05, 0.1) is 0 Å². The molecule has 2 N–H and O–H groups in total. The van der Waals surface area contributed by atoms with E-state index in [0.29, 0.717) is 30.2 Å². The quantitative estimate of drug-likeness (QED) is 0.801. The summed E-state index contributed by atoms with van der Waals surface area (Å²) in [7, 11) is 0. The summed E-state index contributed by atoms with van der Waals surface area (Å²) in [5.74, 6) is 1.44. The van der Waals surface area contributed by atoms with Gasteiger partial charge in [0.1, 0.15) is 0 Å². The highest BCUT2D eigenvalue weighted by atomic mass is 16.2. The Morgan fingerprint density at radius 2 is 2.00 bits per heavy atom. The number of piperidine rings is 1. The molecule has 3 nitrogen and oxygen atoms in total. The number of nitrogens with zero attached hydrogens (tertiary/aromatic N) is 1. The minimum Gasteiger partial charge on any atom is -0.340 e. The molecular weight excluding hydrogens is 212 g/mol. The van der Waals surface area contributed by atoms with Gasteiger partial charge in [0.15, 0.2) is 0 Å². The lowest BCUT2D eigenvalue weighted by atomic mass is 9.93. The maximum Gasteiger partial charge on any atom is 0.223 e. The molecule has 0 bridgehead atoms. The van der Waals surface area contributed by atoms with Crippen molar-refractivity contribution >= 4 is 5.91 Å². The topological polar surface area (TPSA) is 46.3 Å². The van der Waals surface area contributed by atoms with Gasteiger partial charge in [-0.2, -0.15) is 0 Å². The van der Waals surface area contributed by atoms with E-state index in [-0.39, 0.29) is 6.04 Å². The molecule has 98 valence electrons. The SMILES string of the molecule is CC1CCC(C)N(C(=O)C[C@@H]2CCC[C@H]2N)C1. The van der Waals surface area contributed by atoms with Gasteiger partial charge in [-0.15, -0.1) is 0 Å². The zero-order valence-corrected chi connectivity index (χ0v) is 11.2. The van der Waals surface area contributed by atoms with Crippen LogP contribution >= 0.6 is 0 Å². The first kappa shape index (κ1) is 12.9. The summed E-state index contributed by atoms with van der Waals surface area (Å²) in [5.41, 5.74) is 6.05. The number of rotatable bonds is 2. The minimum atomic E-state index is 0.261. The summed E-state index contributed by atoms with van der Waals surface area (Å²) in [5, 5.41) is 0. The first-order valence-corrected chi connectivity index (χ1v) is 7.13. The number of amides is 1. The van der Waals surface area contributed by atoms with Gasteiger partial charge < -0.3 is 10.6 Å². The molecule has 0 aromatic heterocycles. The van der Waals surface area contributed by atoms with Crippen molar-refractivity contribution in [2.45, 2.75) is 64.5 Å². The summed E-state index contributed by atoms with van der Waals surface area (Å²) in [4.78, 5) is 14.4. The number of hydrogen-bond donors (Lipinski definition) is 1. The largest absolute Gasteiger partial charge is 0.340 e. The van der Waals surface area contributed by atoms with Gasteiger partial charge in [0, 0.05) is 25.0 Å². The van der Waals surface area contributed by atoms with Crippen molar-refractivity contribution in [2.24, 2.45) is 17.6 Å². The molecule has 2 rings (SSSR count). The lowest BCUT2D eigenvalue weighted by Crippen LogP contribution is -2.46. The fourth-order valence-electron chi connectivity index (χ4n) is 3.30. The molecule has 4 atom stereocenters. The van der Waals surface area contributed by atoms with Crippen LogP contribution in [0.1, 0.15) is 52.4 Å². The zero-order valence-electron chi connectivity index (χ0n) is 11.2. The van der Waals surface area contributed by atoms with E-state index in [4.69, 9.17) is 5.73 Å². The molecular formula is C14H26N2O. The average Bonchev–Trinajstić information content (AvgIpc) is 2.68. The predicted octanol–water partition coefficient (Wildman–Crippen LogP) is 2.15. The normalized spacial score (nSPS) is 38.4. The van der Waals surface area contributed by atoms with Crippen molar-refractivity contribution < 1.29 is 4.79 Å². The van der Waals surface area contributed by atoms with Gasteiger partial charge in [-0.25, -0.2) is 0 Å². The van der Waals surface area contributed by atoms with Crippen LogP contribution in [-0.2, 0) is 4.79 Å². The lowest BCUT2D eigenvalue weighted by molar-refractivity contribution is -0.136. The molecule has 0 spiro atoms. The van der Waals surface area contributed by atoms with Crippen molar-refractivity contribution in [2.75, 3.05) is 6.54 Å². The van der Waals surface area contributed by atoms with Crippen molar-refractivity contribution in [1.82, 2.24) is 4.90 Å². The third-order valence-corrected chi connectivity index (χ3v) is 4.59. The monoisotopic (exact) mass is 238 g/mol. The average molecular weight is 238 g/mol. The predicted molar refractivity (Wildman–Crippen MR) is 69.5 cm³/mol. The Hall–Kier alpha value is -0.570. The summed E-state index contributed by atoms with van der Waals surface area (Å²) >= 11 is 0. The van der Waals surface area contributed by atoms with Crippen LogP contribution in [0.3, 0.4) is 0 Å². The molecule has 2 fully saturated rings. The van der Waals surface area contributed by atoms with E-state index >= 15 is 0 Å². The Balaban J connectivity index is 1.89. The molecule has 0 radical (unpaired) electrons. The van der Waals surface area contributed by atoms with E-state index in [1.807, 2.05) is 0 Å². The smallest absolute Gasteiger partial charge is 0.223 e. The van der Waals surface area contributed by atoms with E-state index in [9.17, 15) is 4.79 Å². The molecule has 2 aliphatic rings. The number of nitrogens with two attached hydrogens (primary N) is 1. The molecule has 1 aliphatic carbocycles. The van der Waals surface area contributed by atoms with E-state index < -0.39 is 0 Å². The standard InChI is InChI=1S/C14H26N2O/c1-10-6-7-11(2)16(9-10)14(17)8-12-4-3-5-13(12)15/h10-13H,3-9,15H2,1-2H3/t10?,11?,12-,13+/m0/s1. The van der Waals surface area contributed by atoms with E-state index in [0.717, 1.165) is 25.8 Å². The number of likely N-dealkylation sites (tertiary alicyclic amines) is 1. The second-order valence-electron chi connectivity index (χ2n) is 6.14. The van der Waals surface area contributed by atoms with Crippen LogP contribution in [0.4, 0.5) is 0 Å². The van der Waals surface area contributed by atoms with Gasteiger partial charge in [-0.3, -0.25) is 4.79 Å². The van der Waals surface area contributed by atoms with Gasteiger partial charge in [0.25, 0.3) is 0 Å². The van der Waals surface area contributed by atoms with Gasteiger partial charge in [0.2, 0.25) is 5.91 Å². The Kier molecular flexibility index (Phi) is 4.08. The van der Waals surface area contributed by atoms with Crippen molar-refractivity contribution in [3.63, 3.8) is 0 Å². The van der Waals surface area contributed by atoms with Gasteiger partial charge >= 0.3 is 0 Å². The van der Waals surface area contributed by atoms with E-state index in [2.05, 4.69) is 18.7 Å². The van der Waals surface area contributed by atoms with Crippen LogP contribution in [0.15, 0.2) is 0 Å². The third kappa shape index (κ3) is 3.01. The lowest BCUT2D eigenvalue weighted by Gasteiger charge is -2.37. The number of carbonyl (C=O) groups is 1. The van der Waals surface area contributed by atoms with Crippen LogP contribution in [0.25, 0.3) is 0 Å². The van der Waals surface area contributed by atoms with Gasteiger partial charge in [-0.1, -0.05) is 13.3 Å². The first-order valence-electron chi connectivity index (χ1n) is 7.13. The number of carbonyl (C=O) groups excluding carboxylic acids is 1. The second kappa shape index (κ2) is 5.38. The molecule has 1 saturated carbocycles.